The molecule has 0 unspecified atom stereocenters. The molecule has 1 amide bonds. The van der Waals surface area contributed by atoms with Gasteiger partial charge in [0.25, 0.3) is 0 Å². The van der Waals surface area contributed by atoms with Gasteiger partial charge in [-0.1, -0.05) is 0 Å². The average Bonchev–Trinajstić information content (AvgIpc) is 3.02. The van der Waals surface area contributed by atoms with Crippen molar-refractivity contribution in [3.63, 3.8) is 0 Å². The number of hydrogen-bond donors (Lipinski definition) is 0. The van der Waals surface area contributed by atoms with Crippen LogP contribution in [0.4, 0.5) is 0 Å². The Bertz CT molecular complexity index is 259. The standard InChI is InChI=1S/C10H15N3O/c11-4-3-10(14)13-7-5-12(6-8-13)9-1-2-9/h9H,1-3,5-8H2. The highest BCUT2D eigenvalue weighted by molar-refractivity contribution is 5.78. The Morgan fingerprint density at radius 3 is 2.43 bits per heavy atom. The van der Waals surface area contributed by atoms with Crippen molar-refractivity contribution in [1.29, 1.82) is 5.26 Å². The smallest absolute Gasteiger partial charge is 0.236 e. The summed E-state index contributed by atoms with van der Waals surface area (Å²) in [5.74, 6) is -0.0112. The molecule has 0 aromatic rings. The third-order valence-electron chi connectivity index (χ3n) is 2.96. The Hall–Kier alpha value is -1.08. The summed E-state index contributed by atoms with van der Waals surface area (Å²) in [6.45, 7) is 3.58. The molecule has 1 aliphatic carbocycles. The third-order valence-corrected chi connectivity index (χ3v) is 2.96. The fraction of sp³-hybridized carbons (Fsp3) is 0.800. The van der Waals surface area contributed by atoms with Gasteiger partial charge in [-0.2, -0.15) is 5.26 Å². The number of rotatable bonds is 2. The van der Waals surface area contributed by atoms with Crippen LogP contribution in [0.25, 0.3) is 0 Å². The number of carbonyl (C=O) groups excluding carboxylic acids is 1. The van der Waals surface area contributed by atoms with E-state index in [0.29, 0.717) is 0 Å². The lowest BCUT2D eigenvalue weighted by Gasteiger charge is -2.34. The Balaban J connectivity index is 1.77. The van der Waals surface area contributed by atoms with E-state index in [1.54, 1.807) is 0 Å². The van der Waals surface area contributed by atoms with Crippen LogP contribution in [-0.2, 0) is 4.79 Å². The lowest BCUT2D eigenvalue weighted by molar-refractivity contribution is -0.131. The van der Waals surface area contributed by atoms with Crippen molar-refractivity contribution in [2.75, 3.05) is 26.2 Å². The predicted octanol–water partition coefficient (Wildman–Crippen LogP) is 0.207. The van der Waals surface area contributed by atoms with E-state index in [2.05, 4.69) is 4.90 Å². The van der Waals surface area contributed by atoms with Crippen LogP contribution in [0.3, 0.4) is 0 Å². The minimum Gasteiger partial charge on any atom is -0.339 e. The molecule has 0 radical (unpaired) electrons. The molecule has 0 aromatic heterocycles. The summed E-state index contributed by atoms with van der Waals surface area (Å²) in [6.07, 6.45) is 2.68. The average molecular weight is 193 g/mol. The largest absolute Gasteiger partial charge is 0.339 e. The van der Waals surface area contributed by atoms with Crippen LogP contribution in [0.5, 0.6) is 0 Å². The quantitative estimate of drug-likeness (QED) is 0.629. The number of carbonyl (C=O) groups is 1. The van der Waals surface area contributed by atoms with Crippen molar-refractivity contribution in [2.45, 2.75) is 25.3 Å². The maximum absolute atomic E-state index is 11.4. The van der Waals surface area contributed by atoms with Gasteiger partial charge in [-0.05, 0) is 12.8 Å². The number of hydrogen-bond acceptors (Lipinski definition) is 3. The highest BCUT2D eigenvalue weighted by atomic mass is 16.2. The molecule has 0 bridgehead atoms. The Morgan fingerprint density at radius 2 is 1.93 bits per heavy atom. The van der Waals surface area contributed by atoms with E-state index < -0.39 is 0 Å². The summed E-state index contributed by atoms with van der Waals surface area (Å²) in [4.78, 5) is 15.6. The molecule has 0 N–H and O–H groups in total. The third kappa shape index (κ3) is 2.05. The van der Waals surface area contributed by atoms with Crippen LogP contribution in [0.1, 0.15) is 19.3 Å². The minimum absolute atomic E-state index is 0.0112. The fourth-order valence-corrected chi connectivity index (χ4v) is 1.96. The molecule has 4 heteroatoms. The van der Waals surface area contributed by atoms with Crippen LogP contribution >= 0.6 is 0 Å². The van der Waals surface area contributed by atoms with Gasteiger partial charge in [-0.15, -0.1) is 0 Å². The number of piperazine rings is 1. The predicted molar refractivity (Wildman–Crippen MR) is 51.4 cm³/mol. The van der Waals surface area contributed by atoms with Gasteiger partial charge in [0, 0.05) is 32.2 Å². The highest BCUT2D eigenvalue weighted by Gasteiger charge is 2.31. The molecule has 1 saturated heterocycles. The molecule has 0 spiro atoms. The van der Waals surface area contributed by atoms with Gasteiger partial charge < -0.3 is 4.90 Å². The van der Waals surface area contributed by atoms with Gasteiger partial charge in [0.2, 0.25) is 5.91 Å². The molecule has 1 aliphatic heterocycles. The van der Waals surface area contributed by atoms with E-state index in [1.165, 1.54) is 12.8 Å². The molecule has 0 atom stereocenters. The maximum atomic E-state index is 11.4. The summed E-state index contributed by atoms with van der Waals surface area (Å²) in [7, 11) is 0. The molecule has 1 heterocycles. The van der Waals surface area contributed by atoms with E-state index in [4.69, 9.17) is 5.26 Å². The topological polar surface area (TPSA) is 47.3 Å². The second-order valence-corrected chi connectivity index (χ2v) is 3.98. The van der Waals surface area contributed by atoms with Crippen molar-refractivity contribution < 1.29 is 4.79 Å². The molecule has 0 aromatic carbocycles. The molecular weight excluding hydrogens is 178 g/mol. The van der Waals surface area contributed by atoms with E-state index in [0.717, 1.165) is 32.2 Å². The van der Waals surface area contributed by atoms with Crippen LogP contribution < -0.4 is 0 Å². The summed E-state index contributed by atoms with van der Waals surface area (Å²) in [5.41, 5.74) is 0. The summed E-state index contributed by atoms with van der Waals surface area (Å²) in [6, 6.07) is 2.70. The van der Waals surface area contributed by atoms with Crippen molar-refractivity contribution in [3.8, 4) is 6.07 Å². The zero-order chi connectivity index (χ0) is 9.97. The van der Waals surface area contributed by atoms with Crippen molar-refractivity contribution >= 4 is 5.91 Å². The van der Waals surface area contributed by atoms with Gasteiger partial charge in [0.1, 0.15) is 6.42 Å². The van der Waals surface area contributed by atoms with Gasteiger partial charge >= 0.3 is 0 Å². The van der Waals surface area contributed by atoms with Crippen LogP contribution in [0, 0.1) is 11.3 Å². The summed E-state index contributed by atoms with van der Waals surface area (Å²) >= 11 is 0. The first-order valence-corrected chi connectivity index (χ1v) is 5.20. The van der Waals surface area contributed by atoms with Crippen LogP contribution in [-0.4, -0.2) is 47.9 Å². The molecule has 14 heavy (non-hydrogen) atoms. The van der Waals surface area contributed by atoms with E-state index >= 15 is 0 Å². The SMILES string of the molecule is N#CCC(=O)N1CCN(C2CC2)CC1. The molecule has 4 nitrogen and oxygen atoms in total. The molecule has 1 saturated carbocycles. The summed E-state index contributed by atoms with van der Waals surface area (Å²) in [5, 5.41) is 8.41. The van der Waals surface area contributed by atoms with Crippen LogP contribution in [0.15, 0.2) is 0 Å². The minimum atomic E-state index is -0.0112. The maximum Gasteiger partial charge on any atom is 0.236 e. The Kier molecular flexibility index (Phi) is 2.69. The van der Waals surface area contributed by atoms with Crippen molar-refractivity contribution in [2.24, 2.45) is 0 Å². The number of nitrogens with zero attached hydrogens (tertiary/aromatic N) is 3. The first kappa shape index (κ1) is 9.47. The van der Waals surface area contributed by atoms with E-state index in [-0.39, 0.29) is 12.3 Å². The first-order chi connectivity index (χ1) is 6.81. The Morgan fingerprint density at radius 1 is 1.29 bits per heavy atom. The van der Waals surface area contributed by atoms with Gasteiger partial charge in [-0.25, -0.2) is 0 Å². The van der Waals surface area contributed by atoms with E-state index in [9.17, 15) is 4.79 Å². The molecule has 76 valence electrons. The lowest BCUT2D eigenvalue weighted by Crippen LogP contribution is -2.49. The molecular formula is C10H15N3O. The molecule has 2 rings (SSSR count). The molecule has 2 aliphatic rings. The van der Waals surface area contributed by atoms with Crippen molar-refractivity contribution in [3.05, 3.63) is 0 Å². The second kappa shape index (κ2) is 3.97. The first-order valence-electron chi connectivity index (χ1n) is 5.20. The van der Waals surface area contributed by atoms with Gasteiger partial charge in [0.05, 0.1) is 6.07 Å². The monoisotopic (exact) mass is 193 g/mol. The molecule has 2 fully saturated rings. The highest BCUT2D eigenvalue weighted by Crippen LogP contribution is 2.27. The fourth-order valence-electron chi connectivity index (χ4n) is 1.96. The lowest BCUT2D eigenvalue weighted by atomic mass is 10.3. The zero-order valence-electron chi connectivity index (χ0n) is 8.28. The van der Waals surface area contributed by atoms with Gasteiger partial charge in [0.15, 0.2) is 0 Å². The summed E-state index contributed by atoms with van der Waals surface area (Å²) < 4.78 is 0. The van der Waals surface area contributed by atoms with E-state index in [1.807, 2.05) is 11.0 Å². The van der Waals surface area contributed by atoms with Crippen molar-refractivity contribution in [1.82, 2.24) is 9.80 Å². The Labute approximate surface area is 84.1 Å². The number of nitriles is 1. The normalized spacial score (nSPS) is 23.2. The van der Waals surface area contributed by atoms with Gasteiger partial charge in [-0.3, -0.25) is 9.69 Å². The second-order valence-electron chi connectivity index (χ2n) is 3.98. The zero-order valence-corrected chi connectivity index (χ0v) is 8.28. The number of amides is 1. The van der Waals surface area contributed by atoms with Crippen LogP contribution in [0.2, 0.25) is 0 Å².